The number of aromatic nitrogens is 2. The van der Waals surface area contributed by atoms with Gasteiger partial charge in [-0.15, -0.1) is 11.3 Å². The van der Waals surface area contributed by atoms with Crippen molar-refractivity contribution in [3.63, 3.8) is 0 Å². The first-order valence-electron chi connectivity index (χ1n) is 4.32. The van der Waals surface area contributed by atoms with E-state index in [2.05, 4.69) is 5.10 Å². The van der Waals surface area contributed by atoms with E-state index >= 15 is 0 Å². The molecule has 0 radical (unpaired) electrons. The molecule has 0 saturated heterocycles. The van der Waals surface area contributed by atoms with Gasteiger partial charge >= 0.3 is 0 Å². The first-order chi connectivity index (χ1) is 7.09. The summed E-state index contributed by atoms with van der Waals surface area (Å²) in [5.41, 5.74) is 6.87. The van der Waals surface area contributed by atoms with Crippen LogP contribution in [0.5, 0.6) is 0 Å². The second-order valence-corrected chi connectivity index (χ2v) is 5.13. The fourth-order valence-corrected chi connectivity index (χ4v) is 2.45. The zero-order chi connectivity index (χ0) is 11.0. The molecule has 0 fully saturated rings. The Labute approximate surface area is 101 Å². The van der Waals surface area contributed by atoms with Crippen LogP contribution in [-0.4, -0.2) is 9.78 Å². The molecule has 2 N–H and O–H groups in total. The van der Waals surface area contributed by atoms with E-state index in [9.17, 15) is 0 Å². The minimum atomic E-state index is 0.0428. The second-order valence-electron chi connectivity index (χ2n) is 3.18. The maximum atomic E-state index is 5.87. The van der Waals surface area contributed by atoms with E-state index in [1.807, 2.05) is 18.4 Å². The van der Waals surface area contributed by atoms with Gasteiger partial charge in [0.1, 0.15) is 10.8 Å². The minimum absolute atomic E-state index is 0.0428. The Morgan fingerprint density at radius 1 is 1.53 bits per heavy atom. The van der Waals surface area contributed by atoms with Crippen molar-refractivity contribution < 1.29 is 0 Å². The molecule has 15 heavy (non-hydrogen) atoms. The summed E-state index contributed by atoms with van der Waals surface area (Å²) < 4.78 is 2.44. The third-order valence-electron chi connectivity index (χ3n) is 2.22. The quantitative estimate of drug-likeness (QED) is 0.900. The van der Waals surface area contributed by atoms with Crippen LogP contribution in [-0.2, 0) is 0 Å². The Kier molecular flexibility index (Phi) is 2.91. The molecule has 0 aliphatic carbocycles. The standard InChI is InChI=1S/C9H9Cl2N3S/c1-5(6-2-8(11)15-4-6)14-9(12)7(10)3-13-14/h2-5H,12H2,1H3. The van der Waals surface area contributed by atoms with E-state index in [4.69, 9.17) is 28.9 Å². The van der Waals surface area contributed by atoms with Gasteiger partial charge < -0.3 is 5.73 Å². The van der Waals surface area contributed by atoms with E-state index < -0.39 is 0 Å². The van der Waals surface area contributed by atoms with E-state index in [1.165, 1.54) is 11.3 Å². The summed E-state index contributed by atoms with van der Waals surface area (Å²) >= 11 is 13.2. The van der Waals surface area contributed by atoms with Gasteiger partial charge in [0.15, 0.2) is 0 Å². The predicted octanol–water partition coefficient (Wildman–Crippen LogP) is 3.44. The lowest BCUT2D eigenvalue weighted by Crippen LogP contribution is -2.10. The highest BCUT2D eigenvalue weighted by Crippen LogP contribution is 2.29. The van der Waals surface area contributed by atoms with Gasteiger partial charge in [-0.1, -0.05) is 23.2 Å². The number of nitrogen functional groups attached to an aromatic ring is 1. The Hall–Kier alpha value is -0.710. The average Bonchev–Trinajstić information content (AvgIpc) is 2.75. The molecule has 0 amide bonds. The van der Waals surface area contributed by atoms with Crippen molar-refractivity contribution in [2.45, 2.75) is 13.0 Å². The van der Waals surface area contributed by atoms with Gasteiger partial charge in [0.05, 0.1) is 16.6 Å². The molecule has 80 valence electrons. The Bertz CT molecular complexity index is 477. The molecule has 0 saturated carbocycles. The van der Waals surface area contributed by atoms with Crippen molar-refractivity contribution in [3.8, 4) is 0 Å². The van der Waals surface area contributed by atoms with Gasteiger partial charge in [0.2, 0.25) is 0 Å². The van der Waals surface area contributed by atoms with Crippen molar-refractivity contribution in [3.05, 3.63) is 32.6 Å². The molecule has 3 nitrogen and oxygen atoms in total. The topological polar surface area (TPSA) is 43.8 Å². The lowest BCUT2D eigenvalue weighted by atomic mass is 10.2. The van der Waals surface area contributed by atoms with Crippen LogP contribution < -0.4 is 5.73 Å². The van der Waals surface area contributed by atoms with Crippen molar-refractivity contribution in [2.75, 3.05) is 5.73 Å². The Morgan fingerprint density at radius 3 is 2.73 bits per heavy atom. The Morgan fingerprint density at radius 2 is 2.27 bits per heavy atom. The minimum Gasteiger partial charge on any atom is -0.383 e. The van der Waals surface area contributed by atoms with Crippen LogP contribution in [0.25, 0.3) is 0 Å². The summed E-state index contributed by atoms with van der Waals surface area (Å²) in [6, 6.07) is 1.95. The highest BCUT2D eigenvalue weighted by atomic mass is 35.5. The van der Waals surface area contributed by atoms with E-state index in [0.717, 1.165) is 9.90 Å². The number of hydrogen-bond acceptors (Lipinski definition) is 3. The molecule has 1 unspecified atom stereocenters. The number of nitrogens with two attached hydrogens (primary N) is 1. The molecule has 2 heterocycles. The smallest absolute Gasteiger partial charge is 0.141 e. The SMILES string of the molecule is CC(c1csc(Cl)c1)n1ncc(Cl)c1N. The highest BCUT2D eigenvalue weighted by Gasteiger charge is 2.14. The number of anilines is 1. The predicted molar refractivity (Wildman–Crippen MR) is 64.8 cm³/mol. The zero-order valence-electron chi connectivity index (χ0n) is 7.95. The van der Waals surface area contributed by atoms with Gasteiger partial charge in [-0.05, 0) is 23.9 Å². The number of hydrogen-bond donors (Lipinski definition) is 1. The van der Waals surface area contributed by atoms with Crippen LogP contribution in [0.4, 0.5) is 5.82 Å². The molecule has 0 aliphatic rings. The summed E-state index contributed by atoms with van der Waals surface area (Å²) in [5, 5.41) is 6.59. The lowest BCUT2D eigenvalue weighted by molar-refractivity contribution is 0.575. The summed E-state index contributed by atoms with van der Waals surface area (Å²) in [5.74, 6) is 0.478. The third-order valence-corrected chi connectivity index (χ3v) is 3.62. The van der Waals surface area contributed by atoms with Crippen molar-refractivity contribution in [2.24, 2.45) is 0 Å². The van der Waals surface area contributed by atoms with Gasteiger partial charge in [0.25, 0.3) is 0 Å². The average molecular weight is 262 g/mol. The monoisotopic (exact) mass is 261 g/mol. The van der Waals surface area contributed by atoms with Crippen LogP contribution in [0.2, 0.25) is 9.36 Å². The molecule has 0 spiro atoms. The maximum Gasteiger partial charge on any atom is 0.141 e. The molecule has 0 aliphatic heterocycles. The molecule has 6 heteroatoms. The van der Waals surface area contributed by atoms with Gasteiger partial charge in [-0.25, -0.2) is 4.68 Å². The number of halogens is 2. The van der Waals surface area contributed by atoms with E-state index in [1.54, 1.807) is 10.9 Å². The molecule has 0 aromatic carbocycles. The first-order valence-corrected chi connectivity index (χ1v) is 5.95. The van der Waals surface area contributed by atoms with Crippen LogP contribution in [0.3, 0.4) is 0 Å². The number of nitrogens with zero attached hydrogens (tertiary/aromatic N) is 2. The van der Waals surface area contributed by atoms with Crippen molar-refractivity contribution in [1.29, 1.82) is 0 Å². The van der Waals surface area contributed by atoms with Crippen molar-refractivity contribution >= 4 is 40.4 Å². The molecule has 2 aromatic heterocycles. The van der Waals surface area contributed by atoms with Gasteiger partial charge in [-0.2, -0.15) is 5.10 Å². The fraction of sp³-hybridized carbons (Fsp3) is 0.222. The molecule has 0 bridgehead atoms. The molecule has 2 aromatic rings. The van der Waals surface area contributed by atoms with Crippen LogP contribution in [0.15, 0.2) is 17.6 Å². The lowest BCUT2D eigenvalue weighted by Gasteiger charge is -2.12. The summed E-state index contributed by atoms with van der Waals surface area (Å²) in [7, 11) is 0. The number of thiophene rings is 1. The van der Waals surface area contributed by atoms with Crippen molar-refractivity contribution in [1.82, 2.24) is 9.78 Å². The Balaban J connectivity index is 2.36. The van der Waals surface area contributed by atoms with Gasteiger partial charge in [-0.3, -0.25) is 0 Å². The maximum absolute atomic E-state index is 5.87. The fourth-order valence-electron chi connectivity index (χ4n) is 1.34. The first kappa shape index (κ1) is 10.8. The van der Waals surface area contributed by atoms with Crippen LogP contribution in [0.1, 0.15) is 18.5 Å². The second kappa shape index (κ2) is 4.04. The summed E-state index contributed by atoms with van der Waals surface area (Å²) in [6.45, 7) is 2.00. The summed E-state index contributed by atoms with van der Waals surface area (Å²) in [4.78, 5) is 0. The highest BCUT2D eigenvalue weighted by molar-refractivity contribution is 7.14. The van der Waals surface area contributed by atoms with Gasteiger partial charge in [0, 0.05) is 0 Å². The molecule has 2 rings (SSSR count). The normalized spacial score (nSPS) is 13.0. The van der Waals surface area contributed by atoms with E-state index in [0.29, 0.717) is 10.8 Å². The zero-order valence-corrected chi connectivity index (χ0v) is 10.3. The molecular formula is C9H9Cl2N3S. The van der Waals surface area contributed by atoms with Crippen LogP contribution >= 0.6 is 34.5 Å². The largest absolute Gasteiger partial charge is 0.383 e. The van der Waals surface area contributed by atoms with Crippen LogP contribution in [0, 0.1) is 0 Å². The summed E-state index contributed by atoms with van der Waals surface area (Å²) in [6.07, 6.45) is 1.54. The number of rotatable bonds is 2. The van der Waals surface area contributed by atoms with E-state index in [-0.39, 0.29) is 6.04 Å². The molecular weight excluding hydrogens is 253 g/mol. The third kappa shape index (κ3) is 1.97. The molecule has 1 atom stereocenters.